The molecule has 3 nitrogen and oxygen atoms in total. The van der Waals surface area contributed by atoms with Crippen molar-refractivity contribution in [2.45, 2.75) is 19.8 Å². The summed E-state index contributed by atoms with van der Waals surface area (Å²) in [6, 6.07) is 2.07. The summed E-state index contributed by atoms with van der Waals surface area (Å²) in [6.45, 7) is 4.31. The van der Waals surface area contributed by atoms with E-state index in [1.807, 2.05) is 10.7 Å². The van der Waals surface area contributed by atoms with Gasteiger partial charge in [0.2, 0.25) is 0 Å². The van der Waals surface area contributed by atoms with Crippen molar-refractivity contribution in [2.24, 2.45) is 0 Å². The molecule has 0 bridgehead atoms. The molecule has 2 aromatic heterocycles. The third-order valence-corrected chi connectivity index (χ3v) is 2.39. The van der Waals surface area contributed by atoms with Gasteiger partial charge in [-0.1, -0.05) is 13.8 Å². The van der Waals surface area contributed by atoms with Crippen LogP contribution in [0.2, 0.25) is 0 Å². The second-order valence-corrected chi connectivity index (χ2v) is 4.28. The highest BCUT2D eigenvalue weighted by molar-refractivity contribution is 9.10. The zero-order valence-corrected chi connectivity index (χ0v) is 9.17. The first-order chi connectivity index (χ1) is 6.16. The van der Waals surface area contributed by atoms with E-state index >= 15 is 0 Å². The van der Waals surface area contributed by atoms with Crippen LogP contribution in [0.25, 0.3) is 5.65 Å². The minimum absolute atomic E-state index is 0.500. The predicted octanol–water partition coefficient (Wildman–Crippen LogP) is 2.03. The molecular formula is C9H11BrN3+. The summed E-state index contributed by atoms with van der Waals surface area (Å²) in [5.41, 5.74) is 2.15. The number of aromatic amines is 1. The fourth-order valence-electron chi connectivity index (χ4n) is 1.22. The standard InChI is InChI=1S/C9H10BrN3/c1-6(2)8-3-9-11-4-7(10)5-13(9)12-8/h3-6H,1-2H3/p+1. The second-order valence-electron chi connectivity index (χ2n) is 3.37. The molecule has 0 spiro atoms. The lowest BCUT2D eigenvalue weighted by molar-refractivity contribution is -0.580. The van der Waals surface area contributed by atoms with Gasteiger partial charge in [-0.2, -0.15) is 0 Å². The van der Waals surface area contributed by atoms with Crippen molar-refractivity contribution in [3.05, 3.63) is 28.6 Å². The van der Waals surface area contributed by atoms with E-state index in [0.29, 0.717) is 5.92 Å². The maximum Gasteiger partial charge on any atom is 0.348 e. The predicted molar refractivity (Wildman–Crippen MR) is 53.5 cm³/mol. The molecule has 0 saturated heterocycles. The molecule has 0 radical (unpaired) electrons. The number of hydrogen-bond acceptors (Lipinski definition) is 1. The lowest BCUT2D eigenvalue weighted by Gasteiger charge is -1.94. The van der Waals surface area contributed by atoms with Crippen molar-refractivity contribution in [3.8, 4) is 0 Å². The number of nitrogens with zero attached hydrogens (tertiary/aromatic N) is 2. The van der Waals surface area contributed by atoms with Crippen LogP contribution in [-0.2, 0) is 0 Å². The smallest absolute Gasteiger partial charge is 0.227 e. The molecular weight excluding hydrogens is 230 g/mol. The summed E-state index contributed by atoms with van der Waals surface area (Å²) in [5, 5.41) is 3.26. The number of rotatable bonds is 1. The molecule has 0 aromatic carbocycles. The lowest BCUT2D eigenvalue weighted by atomic mass is 10.1. The number of aromatic nitrogens is 3. The van der Waals surface area contributed by atoms with E-state index in [1.54, 1.807) is 6.20 Å². The van der Waals surface area contributed by atoms with Gasteiger partial charge in [0.05, 0.1) is 11.8 Å². The van der Waals surface area contributed by atoms with Crippen molar-refractivity contribution < 1.29 is 4.52 Å². The molecule has 0 saturated carbocycles. The van der Waals surface area contributed by atoms with Crippen LogP contribution in [-0.4, -0.2) is 10.1 Å². The van der Waals surface area contributed by atoms with E-state index in [4.69, 9.17) is 0 Å². The Bertz CT molecular complexity index is 433. The fraction of sp³-hybridized carbons (Fsp3) is 0.333. The minimum atomic E-state index is 0.500. The van der Waals surface area contributed by atoms with Crippen molar-refractivity contribution >= 4 is 21.6 Å². The Morgan fingerprint density at radius 1 is 1.54 bits per heavy atom. The number of nitrogens with one attached hydrogen (secondary N) is 1. The van der Waals surface area contributed by atoms with Crippen LogP contribution in [0.5, 0.6) is 0 Å². The average molecular weight is 241 g/mol. The quantitative estimate of drug-likeness (QED) is 0.761. The summed E-state index contributed by atoms with van der Waals surface area (Å²) < 4.78 is 2.89. The second kappa shape index (κ2) is 3.10. The Balaban J connectivity index is 2.62. The third kappa shape index (κ3) is 1.58. The maximum atomic E-state index is 4.27. The molecule has 1 N–H and O–H groups in total. The molecule has 2 heterocycles. The van der Waals surface area contributed by atoms with Gasteiger partial charge in [0, 0.05) is 0 Å². The third-order valence-electron chi connectivity index (χ3n) is 1.98. The van der Waals surface area contributed by atoms with Gasteiger partial charge in [-0.15, -0.1) is 4.52 Å². The van der Waals surface area contributed by atoms with Gasteiger partial charge in [0.15, 0.2) is 6.20 Å². The van der Waals surface area contributed by atoms with E-state index in [9.17, 15) is 0 Å². The van der Waals surface area contributed by atoms with Crippen LogP contribution in [0.4, 0.5) is 0 Å². The van der Waals surface area contributed by atoms with Gasteiger partial charge in [0.25, 0.3) is 0 Å². The molecule has 68 valence electrons. The molecule has 13 heavy (non-hydrogen) atoms. The molecule has 0 aliphatic rings. The Kier molecular flexibility index (Phi) is 2.07. The molecule has 0 amide bonds. The molecule has 0 aliphatic heterocycles. The summed E-state index contributed by atoms with van der Waals surface area (Å²) in [5.74, 6) is 0.500. The SMILES string of the molecule is CC(C)c1cc2ncc(Br)c[n+]2[nH]1. The first kappa shape index (κ1) is 8.69. The van der Waals surface area contributed by atoms with Gasteiger partial charge >= 0.3 is 5.65 Å². The van der Waals surface area contributed by atoms with Crippen LogP contribution in [0.1, 0.15) is 25.5 Å². The summed E-state index contributed by atoms with van der Waals surface area (Å²) in [7, 11) is 0. The molecule has 0 fully saturated rings. The van der Waals surface area contributed by atoms with E-state index in [-0.39, 0.29) is 0 Å². The molecule has 2 aromatic rings. The summed E-state index contributed by atoms with van der Waals surface area (Å²) in [4.78, 5) is 4.27. The van der Waals surface area contributed by atoms with Crippen molar-refractivity contribution in [3.63, 3.8) is 0 Å². The highest BCUT2D eigenvalue weighted by Crippen LogP contribution is 2.11. The molecule has 0 unspecified atom stereocenters. The van der Waals surface area contributed by atoms with Crippen LogP contribution < -0.4 is 4.52 Å². The maximum absolute atomic E-state index is 4.27. The number of halogens is 1. The van der Waals surface area contributed by atoms with E-state index < -0.39 is 0 Å². The number of fused-ring (bicyclic) bond motifs is 1. The summed E-state index contributed by atoms with van der Waals surface area (Å²) in [6.07, 6.45) is 3.77. The summed E-state index contributed by atoms with van der Waals surface area (Å²) >= 11 is 3.38. The van der Waals surface area contributed by atoms with Gasteiger partial charge < -0.3 is 0 Å². The monoisotopic (exact) mass is 240 g/mol. The first-order valence-electron chi connectivity index (χ1n) is 4.22. The Hall–Kier alpha value is -0.900. The number of hydrogen-bond donors (Lipinski definition) is 1. The van der Waals surface area contributed by atoms with Gasteiger partial charge in [-0.3, -0.25) is 0 Å². The van der Waals surface area contributed by atoms with Crippen molar-refractivity contribution in [2.75, 3.05) is 0 Å². The Morgan fingerprint density at radius 3 is 3.00 bits per heavy atom. The first-order valence-corrected chi connectivity index (χ1v) is 5.02. The van der Waals surface area contributed by atoms with Crippen molar-refractivity contribution in [1.29, 1.82) is 0 Å². The van der Waals surface area contributed by atoms with Gasteiger partial charge in [-0.25, -0.2) is 5.10 Å². The molecule has 0 atom stereocenters. The largest absolute Gasteiger partial charge is 0.348 e. The molecule has 0 aliphatic carbocycles. The normalized spacial score (nSPS) is 11.4. The topological polar surface area (TPSA) is 32.8 Å². The zero-order valence-electron chi connectivity index (χ0n) is 7.58. The lowest BCUT2D eigenvalue weighted by Crippen LogP contribution is -2.23. The van der Waals surface area contributed by atoms with Crippen LogP contribution in [0.15, 0.2) is 22.9 Å². The van der Waals surface area contributed by atoms with Crippen molar-refractivity contribution in [1.82, 2.24) is 10.1 Å². The van der Waals surface area contributed by atoms with Gasteiger partial charge in [-0.05, 0) is 26.8 Å². The highest BCUT2D eigenvalue weighted by Gasteiger charge is 2.11. The Morgan fingerprint density at radius 2 is 2.31 bits per heavy atom. The van der Waals surface area contributed by atoms with Crippen LogP contribution >= 0.6 is 15.9 Å². The Labute approximate surface area is 84.9 Å². The van der Waals surface area contributed by atoms with Gasteiger partial charge in [0.1, 0.15) is 10.7 Å². The van der Waals surface area contributed by atoms with Crippen LogP contribution in [0, 0.1) is 0 Å². The minimum Gasteiger partial charge on any atom is -0.227 e. The van der Waals surface area contributed by atoms with E-state index in [0.717, 1.165) is 10.1 Å². The van der Waals surface area contributed by atoms with E-state index in [1.165, 1.54) is 5.69 Å². The highest BCUT2D eigenvalue weighted by atomic mass is 79.9. The van der Waals surface area contributed by atoms with E-state index in [2.05, 4.69) is 45.9 Å². The van der Waals surface area contributed by atoms with Crippen LogP contribution in [0.3, 0.4) is 0 Å². The fourth-order valence-corrected chi connectivity index (χ4v) is 1.52. The zero-order chi connectivity index (χ0) is 9.42. The molecule has 2 rings (SSSR count). The average Bonchev–Trinajstić information content (AvgIpc) is 2.46. The number of H-pyrrole nitrogens is 1. The molecule has 4 heteroatoms.